The highest BCUT2D eigenvalue weighted by molar-refractivity contribution is 5.79. The van der Waals surface area contributed by atoms with Crippen molar-refractivity contribution in [2.45, 2.75) is 65.0 Å². The van der Waals surface area contributed by atoms with Crippen LogP contribution in [0.25, 0.3) is 0 Å². The van der Waals surface area contributed by atoms with Crippen molar-refractivity contribution in [2.75, 3.05) is 31.1 Å². The number of nitrogens with one attached hydrogen (secondary N) is 2. The van der Waals surface area contributed by atoms with Gasteiger partial charge in [-0.3, -0.25) is 4.79 Å². The number of pyridine rings is 1. The molecular weight excluding hydrogens is 366 g/mol. The number of carbonyl (C=O) groups is 2. The molecule has 3 heterocycles. The Balaban J connectivity index is 1.40. The van der Waals surface area contributed by atoms with Crippen molar-refractivity contribution < 1.29 is 9.59 Å². The van der Waals surface area contributed by atoms with Gasteiger partial charge in [0.2, 0.25) is 5.91 Å². The summed E-state index contributed by atoms with van der Waals surface area (Å²) in [5.74, 6) is 1.40. The molecule has 3 rings (SSSR count). The largest absolute Gasteiger partial charge is 0.357 e. The average molecular weight is 402 g/mol. The molecule has 0 atom stereocenters. The van der Waals surface area contributed by atoms with Gasteiger partial charge in [-0.25, -0.2) is 9.78 Å². The van der Waals surface area contributed by atoms with Crippen LogP contribution in [0.3, 0.4) is 0 Å². The van der Waals surface area contributed by atoms with Gasteiger partial charge < -0.3 is 20.4 Å². The highest BCUT2D eigenvalue weighted by atomic mass is 16.2. The first kappa shape index (κ1) is 21.4. The van der Waals surface area contributed by atoms with Gasteiger partial charge in [-0.1, -0.05) is 13.8 Å². The van der Waals surface area contributed by atoms with Crippen molar-refractivity contribution in [3.8, 4) is 0 Å². The quantitative estimate of drug-likeness (QED) is 0.736. The van der Waals surface area contributed by atoms with Crippen molar-refractivity contribution in [3.05, 3.63) is 23.9 Å². The molecule has 2 fully saturated rings. The highest BCUT2D eigenvalue weighted by Crippen LogP contribution is 2.19. The molecule has 0 bridgehead atoms. The number of aromatic nitrogens is 1. The summed E-state index contributed by atoms with van der Waals surface area (Å²) in [4.78, 5) is 33.5. The van der Waals surface area contributed by atoms with E-state index in [1.165, 1.54) is 12.8 Å². The molecule has 7 nitrogen and oxygen atoms in total. The third-order valence-electron chi connectivity index (χ3n) is 6.17. The van der Waals surface area contributed by atoms with Crippen molar-refractivity contribution in [1.82, 2.24) is 20.5 Å². The molecule has 0 radical (unpaired) electrons. The molecule has 0 saturated carbocycles. The Kier molecular flexibility index (Phi) is 7.72. The first-order valence-electron chi connectivity index (χ1n) is 11.1. The van der Waals surface area contributed by atoms with E-state index in [9.17, 15) is 9.59 Å². The average Bonchev–Trinajstić information content (AvgIpc) is 3.29. The summed E-state index contributed by atoms with van der Waals surface area (Å²) >= 11 is 0. The summed E-state index contributed by atoms with van der Waals surface area (Å²) in [7, 11) is 0. The standard InChI is InChI=1S/C22H35N5O2/c1-3-18(4-2)21(28)27-13-8-19(9-14-27)25-22(29)24-16-17-7-10-23-20(15-17)26-11-5-6-12-26/h7,10,15,18-19H,3-6,8-9,11-14,16H2,1-2H3,(H2,24,25,29). The monoisotopic (exact) mass is 401 g/mol. The van der Waals surface area contributed by atoms with Crippen molar-refractivity contribution in [2.24, 2.45) is 5.92 Å². The maximum atomic E-state index is 12.5. The second-order valence-corrected chi connectivity index (χ2v) is 8.16. The molecule has 2 saturated heterocycles. The zero-order valence-electron chi connectivity index (χ0n) is 17.8. The lowest BCUT2D eigenvalue weighted by Gasteiger charge is -2.34. The van der Waals surface area contributed by atoms with Crippen LogP contribution in [0.5, 0.6) is 0 Å². The Bertz CT molecular complexity index is 678. The molecule has 2 aliphatic rings. The van der Waals surface area contributed by atoms with E-state index in [1.54, 1.807) is 0 Å². The van der Waals surface area contributed by atoms with Gasteiger partial charge in [0.25, 0.3) is 0 Å². The third kappa shape index (κ3) is 5.84. The predicted molar refractivity (Wildman–Crippen MR) is 115 cm³/mol. The molecule has 1 aromatic heterocycles. The van der Waals surface area contributed by atoms with Gasteiger partial charge in [0, 0.05) is 50.9 Å². The third-order valence-corrected chi connectivity index (χ3v) is 6.17. The molecule has 1 aromatic rings. The van der Waals surface area contributed by atoms with Crippen LogP contribution < -0.4 is 15.5 Å². The summed E-state index contributed by atoms with van der Waals surface area (Å²) in [5, 5.41) is 6.02. The molecule has 3 amide bonds. The van der Waals surface area contributed by atoms with Gasteiger partial charge in [0.15, 0.2) is 0 Å². The summed E-state index contributed by atoms with van der Waals surface area (Å²) in [5.41, 5.74) is 1.06. The summed E-state index contributed by atoms with van der Waals surface area (Å²) < 4.78 is 0. The lowest BCUT2D eigenvalue weighted by molar-refractivity contribution is -0.136. The molecule has 0 aromatic carbocycles. The molecule has 2 aliphatic heterocycles. The van der Waals surface area contributed by atoms with E-state index in [2.05, 4.69) is 40.4 Å². The molecule has 160 valence electrons. The minimum Gasteiger partial charge on any atom is -0.357 e. The second kappa shape index (κ2) is 10.5. The Morgan fingerprint density at radius 1 is 1.14 bits per heavy atom. The van der Waals surface area contributed by atoms with Crippen molar-refractivity contribution in [3.63, 3.8) is 0 Å². The molecule has 0 unspecified atom stereocenters. The summed E-state index contributed by atoms with van der Waals surface area (Å²) in [6.45, 7) is 8.20. The van der Waals surface area contributed by atoms with Gasteiger partial charge in [-0.05, 0) is 56.2 Å². The van der Waals surface area contributed by atoms with Gasteiger partial charge in [-0.15, -0.1) is 0 Å². The predicted octanol–water partition coefficient (Wildman–Crippen LogP) is 2.91. The van der Waals surface area contributed by atoms with Gasteiger partial charge in [0.1, 0.15) is 5.82 Å². The maximum Gasteiger partial charge on any atom is 0.315 e. The van der Waals surface area contributed by atoms with Crippen molar-refractivity contribution in [1.29, 1.82) is 0 Å². The maximum absolute atomic E-state index is 12.5. The minimum atomic E-state index is -0.144. The van der Waals surface area contributed by atoms with Crippen molar-refractivity contribution >= 4 is 17.8 Å². The molecule has 7 heteroatoms. The normalized spacial score (nSPS) is 17.6. The number of nitrogens with zero attached hydrogens (tertiary/aromatic N) is 3. The van der Waals surface area contributed by atoms with Crippen LogP contribution in [0.1, 0.15) is 57.9 Å². The van der Waals surface area contributed by atoms with Crippen LogP contribution in [0.15, 0.2) is 18.3 Å². The second-order valence-electron chi connectivity index (χ2n) is 8.16. The number of amides is 3. The molecule has 2 N–H and O–H groups in total. The molecule has 0 aliphatic carbocycles. The van der Waals surface area contributed by atoms with E-state index in [4.69, 9.17) is 0 Å². The lowest BCUT2D eigenvalue weighted by Crippen LogP contribution is -2.50. The van der Waals surface area contributed by atoms with E-state index in [1.807, 2.05) is 17.2 Å². The van der Waals surface area contributed by atoms with Crippen LogP contribution in [0, 0.1) is 5.92 Å². The van der Waals surface area contributed by atoms with Gasteiger partial charge in [0.05, 0.1) is 0 Å². The van der Waals surface area contributed by atoms with Crippen LogP contribution in [0.4, 0.5) is 10.6 Å². The van der Waals surface area contributed by atoms with Crippen LogP contribution in [0.2, 0.25) is 0 Å². The Hall–Kier alpha value is -2.31. The number of rotatable bonds is 7. The minimum absolute atomic E-state index is 0.123. The summed E-state index contributed by atoms with van der Waals surface area (Å²) in [6, 6.07) is 3.99. The van der Waals surface area contributed by atoms with E-state index in [0.29, 0.717) is 6.54 Å². The molecule has 0 spiro atoms. The zero-order valence-corrected chi connectivity index (χ0v) is 17.8. The van der Waals surface area contributed by atoms with Gasteiger partial charge >= 0.3 is 6.03 Å². The number of carbonyl (C=O) groups excluding carboxylic acids is 2. The van der Waals surface area contributed by atoms with Crippen LogP contribution in [-0.2, 0) is 11.3 Å². The summed E-state index contributed by atoms with van der Waals surface area (Å²) in [6.07, 6.45) is 7.66. The zero-order chi connectivity index (χ0) is 20.6. The van der Waals surface area contributed by atoms with E-state index < -0.39 is 0 Å². The first-order chi connectivity index (χ1) is 14.1. The Labute approximate surface area is 174 Å². The highest BCUT2D eigenvalue weighted by Gasteiger charge is 2.27. The lowest BCUT2D eigenvalue weighted by atomic mass is 9.98. The fraction of sp³-hybridized carbons (Fsp3) is 0.682. The fourth-order valence-electron chi connectivity index (χ4n) is 4.25. The molecular formula is C22H35N5O2. The Morgan fingerprint density at radius 3 is 2.48 bits per heavy atom. The smallest absolute Gasteiger partial charge is 0.315 e. The van der Waals surface area contributed by atoms with E-state index in [0.717, 1.165) is 63.2 Å². The number of likely N-dealkylation sites (tertiary alicyclic amines) is 1. The van der Waals surface area contributed by atoms with Crippen LogP contribution >= 0.6 is 0 Å². The number of anilines is 1. The number of piperidine rings is 1. The van der Waals surface area contributed by atoms with E-state index >= 15 is 0 Å². The first-order valence-corrected chi connectivity index (χ1v) is 11.1. The molecule has 29 heavy (non-hydrogen) atoms. The fourth-order valence-corrected chi connectivity index (χ4v) is 4.25. The number of hydrogen-bond donors (Lipinski definition) is 2. The van der Waals surface area contributed by atoms with Gasteiger partial charge in [-0.2, -0.15) is 0 Å². The SMILES string of the molecule is CCC(CC)C(=O)N1CCC(NC(=O)NCc2ccnc(N3CCCC3)c2)CC1. The topological polar surface area (TPSA) is 77.6 Å². The number of hydrogen-bond acceptors (Lipinski definition) is 4. The van der Waals surface area contributed by atoms with E-state index in [-0.39, 0.29) is 23.9 Å². The number of urea groups is 1. The van der Waals surface area contributed by atoms with Crippen LogP contribution in [-0.4, -0.2) is 54.0 Å². The Morgan fingerprint density at radius 2 is 1.83 bits per heavy atom.